The molecule has 16 heavy (non-hydrogen) atoms. The van der Waals surface area contributed by atoms with Crippen molar-refractivity contribution in [1.82, 2.24) is 20.2 Å². The normalized spacial score (nSPS) is 22.5. The van der Waals surface area contributed by atoms with Crippen molar-refractivity contribution in [1.29, 1.82) is 0 Å². The number of tetrazole rings is 1. The SMILES string of the molecule is CCC(C)Sc1nnnn1CC1CCCO1. The summed E-state index contributed by atoms with van der Waals surface area (Å²) in [6.07, 6.45) is 3.69. The minimum Gasteiger partial charge on any atom is -0.376 e. The van der Waals surface area contributed by atoms with Crippen LogP contribution in [0.5, 0.6) is 0 Å². The lowest BCUT2D eigenvalue weighted by Gasteiger charge is -2.11. The lowest BCUT2D eigenvalue weighted by molar-refractivity contribution is 0.0911. The van der Waals surface area contributed by atoms with Crippen LogP contribution in [0.3, 0.4) is 0 Å². The summed E-state index contributed by atoms with van der Waals surface area (Å²) in [6.45, 7) is 6.02. The van der Waals surface area contributed by atoms with Crippen molar-refractivity contribution < 1.29 is 4.74 Å². The third-order valence-electron chi connectivity index (χ3n) is 2.78. The van der Waals surface area contributed by atoms with Crippen LogP contribution in [0.25, 0.3) is 0 Å². The molecule has 0 amide bonds. The molecule has 2 atom stereocenters. The standard InChI is InChI=1S/C10H18N4OS/c1-3-8(2)16-10-11-12-13-14(10)7-9-5-4-6-15-9/h8-9H,3-7H2,1-2H3. The van der Waals surface area contributed by atoms with E-state index in [-0.39, 0.29) is 0 Å². The lowest BCUT2D eigenvalue weighted by atomic mass is 10.2. The first-order chi connectivity index (χ1) is 7.79. The number of rotatable bonds is 5. The first kappa shape index (κ1) is 11.9. The predicted molar refractivity (Wildman–Crippen MR) is 62.4 cm³/mol. The maximum absolute atomic E-state index is 5.59. The largest absolute Gasteiger partial charge is 0.376 e. The van der Waals surface area contributed by atoms with Crippen LogP contribution in [0.2, 0.25) is 0 Å². The molecule has 0 bridgehead atoms. The van der Waals surface area contributed by atoms with Gasteiger partial charge in [-0.25, -0.2) is 4.68 Å². The van der Waals surface area contributed by atoms with Crippen LogP contribution >= 0.6 is 11.8 Å². The maximum Gasteiger partial charge on any atom is 0.209 e. The van der Waals surface area contributed by atoms with Gasteiger partial charge < -0.3 is 4.74 Å². The topological polar surface area (TPSA) is 52.8 Å². The quantitative estimate of drug-likeness (QED) is 0.736. The summed E-state index contributed by atoms with van der Waals surface area (Å²) in [5, 5.41) is 13.3. The third-order valence-corrected chi connectivity index (χ3v) is 4.02. The first-order valence-corrected chi connectivity index (χ1v) is 6.72. The fraction of sp³-hybridized carbons (Fsp3) is 0.900. The number of ether oxygens (including phenoxy) is 1. The second-order valence-electron chi connectivity index (χ2n) is 4.12. The molecule has 1 aromatic rings. The summed E-state index contributed by atoms with van der Waals surface area (Å²) in [4.78, 5) is 0. The van der Waals surface area contributed by atoms with Gasteiger partial charge in [-0.2, -0.15) is 0 Å². The highest BCUT2D eigenvalue weighted by molar-refractivity contribution is 7.99. The molecule has 0 saturated carbocycles. The molecule has 2 rings (SSSR count). The minimum absolute atomic E-state index is 0.291. The van der Waals surface area contributed by atoms with E-state index in [4.69, 9.17) is 4.74 Å². The number of aromatic nitrogens is 4. The number of nitrogens with zero attached hydrogens (tertiary/aromatic N) is 4. The van der Waals surface area contributed by atoms with Gasteiger partial charge in [-0.15, -0.1) is 5.10 Å². The maximum atomic E-state index is 5.59. The van der Waals surface area contributed by atoms with Crippen molar-refractivity contribution in [2.24, 2.45) is 0 Å². The molecule has 0 aromatic carbocycles. The van der Waals surface area contributed by atoms with Crippen LogP contribution in [0, 0.1) is 0 Å². The Labute approximate surface area is 99.9 Å². The Hall–Kier alpha value is -0.620. The second kappa shape index (κ2) is 5.63. The molecule has 0 aliphatic carbocycles. The van der Waals surface area contributed by atoms with Crippen molar-refractivity contribution in [2.75, 3.05) is 6.61 Å². The van der Waals surface area contributed by atoms with E-state index >= 15 is 0 Å². The van der Waals surface area contributed by atoms with Gasteiger partial charge >= 0.3 is 0 Å². The summed E-state index contributed by atoms with van der Waals surface area (Å²) >= 11 is 1.73. The predicted octanol–water partition coefficient (Wildman–Crippen LogP) is 1.74. The van der Waals surface area contributed by atoms with Crippen LogP contribution in [0.15, 0.2) is 5.16 Å². The van der Waals surface area contributed by atoms with Crippen LogP contribution in [0.4, 0.5) is 0 Å². The molecule has 6 heteroatoms. The van der Waals surface area contributed by atoms with Crippen LogP contribution < -0.4 is 0 Å². The van der Waals surface area contributed by atoms with Gasteiger partial charge in [-0.3, -0.25) is 0 Å². The molecule has 1 aliphatic rings. The van der Waals surface area contributed by atoms with Gasteiger partial charge in [0.05, 0.1) is 12.6 Å². The van der Waals surface area contributed by atoms with Gasteiger partial charge in [0.25, 0.3) is 0 Å². The molecular weight excluding hydrogens is 224 g/mol. The summed E-state index contributed by atoms with van der Waals surface area (Å²) in [7, 11) is 0. The van der Waals surface area contributed by atoms with Crippen LogP contribution in [-0.4, -0.2) is 38.2 Å². The zero-order valence-corrected chi connectivity index (χ0v) is 10.6. The highest BCUT2D eigenvalue weighted by Crippen LogP contribution is 2.23. The summed E-state index contributed by atoms with van der Waals surface area (Å²) in [5.74, 6) is 0. The molecule has 1 fully saturated rings. The van der Waals surface area contributed by atoms with Gasteiger partial charge in [0.2, 0.25) is 5.16 Å². The van der Waals surface area contributed by atoms with Crippen molar-refractivity contribution >= 4 is 11.8 Å². The molecule has 1 aliphatic heterocycles. The smallest absolute Gasteiger partial charge is 0.209 e. The van der Waals surface area contributed by atoms with Crippen LogP contribution in [-0.2, 0) is 11.3 Å². The van der Waals surface area contributed by atoms with E-state index in [9.17, 15) is 0 Å². The van der Waals surface area contributed by atoms with Gasteiger partial charge in [0, 0.05) is 11.9 Å². The zero-order chi connectivity index (χ0) is 11.4. The van der Waals surface area contributed by atoms with Crippen molar-refractivity contribution in [3.8, 4) is 0 Å². The summed E-state index contributed by atoms with van der Waals surface area (Å²) in [6, 6.07) is 0. The molecule has 0 N–H and O–H groups in total. The van der Waals surface area contributed by atoms with Gasteiger partial charge in [0.15, 0.2) is 0 Å². The highest BCUT2D eigenvalue weighted by Gasteiger charge is 2.19. The molecule has 0 spiro atoms. The Bertz CT molecular complexity index is 324. The van der Waals surface area contributed by atoms with Gasteiger partial charge in [-0.1, -0.05) is 25.6 Å². The summed E-state index contributed by atoms with van der Waals surface area (Å²) < 4.78 is 7.45. The Morgan fingerprint density at radius 1 is 1.62 bits per heavy atom. The molecule has 2 unspecified atom stereocenters. The van der Waals surface area contributed by atoms with Crippen molar-refractivity contribution in [3.63, 3.8) is 0 Å². The Kier molecular flexibility index (Phi) is 4.17. The van der Waals surface area contributed by atoms with E-state index in [2.05, 4.69) is 29.4 Å². The Morgan fingerprint density at radius 3 is 3.19 bits per heavy atom. The monoisotopic (exact) mass is 242 g/mol. The average molecular weight is 242 g/mol. The van der Waals surface area contributed by atoms with E-state index in [0.717, 1.165) is 37.6 Å². The molecule has 5 nitrogen and oxygen atoms in total. The number of hydrogen-bond donors (Lipinski definition) is 0. The second-order valence-corrected chi connectivity index (χ2v) is 5.52. The van der Waals surface area contributed by atoms with E-state index in [1.165, 1.54) is 0 Å². The van der Waals surface area contributed by atoms with Crippen molar-refractivity contribution in [2.45, 2.75) is 56.2 Å². The lowest BCUT2D eigenvalue weighted by Crippen LogP contribution is -2.17. The highest BCUT2D eigenvalue weighted by atomic mass is 32.2. The molecule has 1 aromatic heterocycles. The first-order valence-electron chi connectivity index (χ1n) is 5.84. The van der Waals surface area contributed by atoms with E-state index in [0.29, 0.717) is 11.4 Å². The molecular formula is C10H18N4OS. The van der Waals surface area contributed by atoms with E-state index in [1.807, 2.05) is 4.68 Å². The van der Waals surface area contributed by atoms with Gasteiger partial charge in [-0.05, 0) is 29.7 Å². The molecule has 1 saturated heterocycles. The Balaban J connectivity index is 1.95. The number of thioether (sulfide) groups is 1. The van der Waals surface area contributed by atoms with Gasteiger partial charge in [0.1, 0.15) is 0 Å². The number of hydrogen-bond acceptors (Lipinski definition) is 5. The fourth-order valence-electron chi connectivity index (χ4n) is 1.64. The average Bonchev–Trinajstić information content (AvgIpc) is 2.92. The minimum atomic E-state index is 0.291. The fourth-order valence-corrected chi connectivity index (χ4v) is 2.48. The molecule has 90 valence electrons. The summed E-state index contributed by atoms with van der Waals surface area (Å²) in [5.41, 5.74) is 0. The van der Waals surface area contributed by atoms with E-state index < -0.39 is 0 Å². The van der Waals surface area contributed by atoms with Crippen LogP contribution in [0.1, 0.15) is 33.1 Å². The molecule has 0 radical (unpaired) electrons. The Morgan fingerprint density at radius 2 is 2.50 bits per heavy atom. The zero-order valence-electron chi connectivity index (χ0n) is 9.80. The molecule has 2 heterocycles. The van der Waals surface area contributed by atoms with E-state index in [1.54, 1.807) is 11.8 Å². The van der Waals surface area contributed by atoms with Crippen molar-refractivity contribution in [3.05, 3.63) is 0 Å². The third kappa shape index (κ3) is 2.95.